The Morgan fingerprint density at radius 3 is 2.50 bits per heavy atom. The van der Waals surface area contributed by atoms with Gasteiger partial charge in [-0.3, -0.25) is 10.7 Å². The molecule has 1 heterocycles. The Bertz CT molecular complexity index is 126. The number of methoxy groups -OCH3 is 1. The van der Waals surface area contributed by atoms with E-state index in [9.17, 15) is 5.11 Å². The maximum atomic E-state index is 9.50. The summed E-state index contributed by atoms with van der Waals surface area (Å²) in [5.74, 6) is 5.56. The second-order valence-corrected chi connectivity index (χ2v) is 3.01. The molecule has 1 rings (SSSR count). The number of hydrogen-bond donors (Lipinski definition) is 2. The van der Waals surface area contributed by atoms with Gasteiger partial charge in [0.1, 0.15) is 6.23 Å². The van der Waals surface area contributed by atoms with Gasteiger partial charge < -0.3 is 9.84 Å². The van der Waals surface area contributed by atoms with Crippen LogP contribution in [-0.4, -0.2) is 61.1 Å². The van der Waals surface area contributed by atoms with Crippen LogP contribution in [0.5, 0.6) is 0 Å². The fourth-order valence-electron chi connectivity index (χ4n) is 1.29. The minimum Gasteiger partial charge on any atom is -0.381 e. The molecule has 0 aliphatic carbocycles. The van der Waals surface area contributed by atoms with Crippen LogP contribution in [0.2, 0.25) is 0 Å². The summed E-state index contributed by atoms with van der Waals surface area (Å²) in [5.41, 5.74) is 0. The lowest BCUT2D eigenvalue weighted by Crippen LogP contribution is -2.53. The molecule has 1 aliphatic rings. The molecule has 1 atom stereocenters. The van der Waals surface area contributed by atoms with E-state index in [1.807, 2.05) is 4.90 Å². The molecule has 1 aliphatic heterocycles. The molecule has 0 bridgehead atoms. The van der Waals surface area contributed by atoms with Crippen LogP contribution in [0.1, 0.15) is 0 Å². The van der Waals surface area contributed by atoms with Gasteiger partial charge in [-0.05, 0) is 0 Å². The van der Waals surface area contributed by atoms with Crippen molar-refractivity contribution < 1.29 is 9.84 Å². The summed E-state index contributed by atoms with van der Waals surface area (Å²) in [6.07, 6.45) is -0.483. The van der Waals surface area contributed by atoms with Gasteiger partial charge in [0.05, 0.1) is 6.61 Å². The van der Waals surface area contributed by atoms with Crippen LogP contribution in [-0.2, 0) is 4.74 Å². The van der Waals surface area contributed by atoms with Gasteiger partial charge in [-0.1, -0.05) is 0 Å². The Kier molecular flexibility index (Phi) is 3.90. The maximum Gasteiger partial charge on any atom is 0.131 e. The van der Waals surface area contributed by atoms with Gasteiger partial charge in [0.2, 0.25) is 0 Å². The number of piperazine rings is 1. The smallest absolute Gasteiger partial charge is 0.131 e. The third-order valence-corrected chi connectivity index (χ3v) is 2.09. The first kappa shape index (κ1) is 9.88. The lowest BCUT2D eigenvalue weighted by molar-refractivity contribution is -0.0648. The van der Waals surface area contributed by atoms with E-state index in [0.717, 1.165) is 26.2 Å². The Balaban J connectivity index is 2.24. The van der Waals surface area contributed by atoms with Crippen molar-refractivity contribution >= 4 is 0 Å². The minimum atomic E-state index is -0.483. The van der Waals surface area contributed by atoms with Gasteiger partial charge in [0.25, 0.3) is 0 Å². The molecular formula is C7H17N3O2. The molecule has 0 aromatic heterocycles. The highest BCUT2D eigenvalue weighted by Crippen LogP contribution is 2.01. The third-order valence-electron chi connectivity index (χ3n) is 2.09. The largest absolute Gasteiger partial charge is 0.381 e. The number of nitrogens with zero attached hydrogens (tertiary/aromatic N) is 2. The van der Waals surface area contributed by atoms with Crippen LogP contribution in [0.15, 0.2) is 0 Å². The molecule has 0 saturated carbocycles. The van der Waals surface area contributed by atoms with E-state index in [4.69, 9.17) is 10.6 Å². The molecule has 0 radical (unpaired) electrons. The zero-order chi connectivity index (χ0) is 8.97. The first-order valence-electron chi connectivity index (χ1n) is 4.14. The lowest BCUT2D eigenvalue weighted by atomic mass is 10.3. The highest BCUT2D eigenvalue weighted by atomic mass is 16.5. The highest BCUT2D eigenvalue weighted by molar-refractivity contribution is 4.70. The average molecular weight is 175 g/mol. The van der Waals surface area contributed by atoms with Crippen LogP contribution < -0.4 is 5.84 Å². The fourth-order valence-corrected chi connectivity index (χ4v) is 1.29. The summed E-state index contributed by atoms with van der Waals surface area (Å²) < 4.78 is 4.85. The summed E-state index contributed by atoms with van der Waals surface area (Å²) in [6.45, 7) is 3.59. The van der Waals surface area contributed by atoms with Gasteiger partial charge in [-0.15, -0.1) is 0 Å². The van der Waals surface area contributed by atoms with Crippen LogP contribution in [0.4, 0.5) is 0 Å². The minimum absolute atomic E-state index is 0.366. The van der Waals surface area contributed by atoms with Crippen molar-refractivity contribution in [3.8, 4) is 0 Å². The van der Waals surface area contributed by atoms with Gasteiger partial charge in [-0.2, -0.15) is 0 Å². The molecule has 0 aromatic carbocycles. The quantitative estimate of drug-likeness (QED) is 0.508. The number of hydrazine groups is 1. The monoisotopic (exact) mass is 175 g/mol. The first-order chi connectivity index (χ1) is 5.74. The van der Waals surface area contributed by atoms with E-state index < -0.39 is 6.23 Å². The summed E-state index contributed by atoms with van der Waals surface area (Å²) >= 11 is 0. The van der Waals surface area contributed by atoms with E-state index in [0.29, 0.717) is 6.61 Å². The Labute approximate surface area is 72.7 Å². The first-order valence-corrected chi connectivity index (χ1v) is 4.14. The van der Waals surface area contributed by atoms with Crippen LogP contribution in [0.3, 0.4) is 0 Å². The molecule has 0 aromatic rings. The molecule has 0 amide bonds. The third kappa shape index (κ3) is 2.69. The Hall–Kier alpha value is -0.200. The van der Waals surface area contributed by atoms with E-state index >= 15 is 0 Å². The predicted octanol–water partition coefficient (Wildman–Crippen LogP) is -1.56. The van der Waals surface area contributed by atoms with E-state index in [-0.39, 0.29) is 0 Å². The molecular weight excluding hydrogens is 158 g/mol. The molecule has 1 fully saturated rings. The summed E-state index contributed by atoms with van der Waals surface area (Å²) in [5, 5.41) is 11.3. The summed E-state index contributed by atoms with van der Waals surface area (Å²) in [6, 6.07) is 0. The van der Waals surface area contributed by atoms with Crippen molar-refractivity contribution in [1.82, 2.24) is 9.91 Å². The van der Waals surface area contributed by atoms with Crippen molar-refractivity contribution in [2.75, 3.05) is 39.9 Å². The Morgan fingerprint density at radius 2 is 2.00 bits per heavy atom. The van der Waals surface area contributed by atoms with Gasteiger partial charge in [0, 0.05) is 33.3 Å². The number of nitrogens with two attached hydrogens (primary N) is 1. The van der Waals surface area contributed by atoms with Crippen LogP contribution in [0.25, 0.3) is 0 Å². The van der Waals surface area contributed by atoms with Crippen LogP contribution >= 0.6 is 0 Å². The number of rotatable bonds is 3. The maximum absolute atomic E-state index is 9.50. The lowest BCUT2D eigenvalue weighted by Gasteiger charge is -2.34. The Morgan fingerprint density at radius 1 is 1.42 bits per heavy atom. The highest BCUT2D eigenvalue weighted by Gasteiger charge is 2.19. The second kappa shape index (κ2) is 4.74. The average Bonchev–Trinajstić information content (AvgIpc) is 2.06. The molecule has 5 nitrogen and oxygen atoms in total. The zero-order valence-corrected chi connectivity index (χ0v) is 7.44. The van der Waals surface area contributed by atoms with E-state index in [2.05, 4.69) is 0 Å². The van der Waals surface area contributed by atoms with Gasteiger partial charge in [-0.25, -0.2) is 5.01 Å². The summed E-state index contributed by atoms with van der Waals surface area (Å²) in [4.78, 5) is 1.97. The van der Waals surface area contributed by atoms with Crippen molar-refractivity contribution in [3.05, 3.63) is 0 Å². The number of aliphatic hydroxyl groups is 1. The van der Waals surface area contributed by atoms with Gasteiger partial charge >= 0.3 is 0 Å². The zero-order valence-electron chi connectivity index (χ0n) is 7.44. The van der Waals surface area contributed by atoms with E-state index in [1.54, 1.807) is 12.1 Å². The van der Waals surface area contributed by atoms with E-state index in [1.165, 1.54) is 0 Å². The number of aliphatic hydroxyl groups excluding tert-OH is 1. The second-order valence-electron chi connectivity index (χ2n) is 3.01. The SMILES string of the molecule is COCC(O)N1CCN(N)CC1. The topological polar surface area (TPSA) is 62.0 Å². The molecule has 72 valence electrons. The van der Waals surface area contributed by atoms with Crippen molar-refractivity contribution in [1.29, 1.82) is 0 Å². The van der Waals surface area contributed by atoms with Crippen LogP contribution in [0, 0.1) is 0 Å². The molecule has 1 saturated heterocycles. The number of hydrogen-bond acceptors (Lipinski definition) is 5. The van der Waals surface area contributed by atoms with Gasteiger partial charge in [0.15, 0.2) is 0 Å². The molecule has 12 heavy (non-hydrogen) atoms. The standard InChI is InChI=1S/C7H17N3O2/c1-12-6-7(11)9-2-4-10(8)5-3-9/h7,11H,2-6,8H2,1H3. The molecule has 5 heteroatoms. The van der Waals surface area contributed by atoms with Crippen molar-refractivity contribution in [3.63, 3.8) is 0 Å². The predicted molar refractivity (Wildman–Crippen MR) is 45.2 cm³/mol. The molecule has 3 N–H and O–H groups in total. The summed E-state index contributed by atoms with van der Waals surface area (Å²) in [7, 11) is 1.59. The van der Waals surface area contributed by atoms with Crippen molar-refractivity contribution in [2.45, 2.75) is 6.23 Å². The van der Waals surface area contributed by atoms with Crippen molar-refractivity contribution in [2.24, 2.45) is 5.84 Å². The normalized spacial score (nSPS) is 24.2. The molecule has 1 unspecified atom stereocenters. The fraction of sp³-hybridized carbons (Fsp3) is 1.00. The number of ether oxygens (including phenoxy) is 1. The molecule has 0 spiro atoms.